The van der Waals surface area contributed by atoms with Gasteiger partial charge in [0.05, 0.1) is 24.6 Å². The Morgan fingerprint density at radius 3 is 2.57 bits per heavy atom. The van der Waals surface area contributed by atoms with Crippen molar-refractivity contribution in [2.24, 2.45) is 0 Å². The lowest BCUT2D eigenvalue weighted by Crippen LogP contribution is -2.45. The second kappa shape index (κ2) is 9.51. The highest BCUT2D eigenvalue weighted by atomic mass is 32.2. The van der Waals surface area contributed by atoms with E-state index in [1.807, 2.05) is 36.4 Å². The number of rotatable bonds is 7. The molecule has 1 atom stereocenters. The largest absolute Gasteiger partial charge is 0.496 e. The molecular weight excluding hydrogens is 492 g/mol. The fourth-order valence-corrected chi connectivity index (χ4v) is 6.86. The molecule has 2 aromatic heterocycles. The topological polar surface area (TPSA) is 116 Å². The maximum absolute atomic E-state index is 13.5. The summed E-state index contributed by atoms with van der Waals surface area (Å²) in [5, 5.41) is 11.2. The van der Waals surface area contributed by atoms with Crippen LogP contribution in [0.25, 0.3) is 0 Å². The van der Waals surface area contributed by atoms with Gasteiger partial charge in [-0.15, -0.1) is 0 Å². The SMILES string of the molecule is COc1ccccc1C(=O)NCC1(c2ccccc2)CCc2c(cnn2S(=O)(=O)c2c(C)noc2C)C1. The molecule has 0 radical (unpaired) electrons. The van der Waals surface area contributed by atoms with E-state index in [1.165, 1.54) is 7.11 Å². The van der Waals surface area contributed by atoms with Crippen LogP contribution in [0, 0.1) is 13.8 Å². The van der Waals surface area contributed by atoms with E-state index in [9.17, 15) is 13.2 Å². The summed E-state index contributed by atoms with van der Waals surface area (Å²) in [5.74, 6) is 0.510. The zero-order valence-electron chi connectivity index (χ0n) is 20.9. The van der Waals surface area contributed by atoms with Gasteiger partial charge in [0.15, 0.2) is 10.7 Å². The number of nitrogens with one attached hydrogen (secondary N) is 1. The van der Waals surface area contributed by atoms with E-state index >= 15 is 0 Å². The molecule has 1 N–H and O–H groups in total. The van der Waals surface area contributed by atoms with E-state index in [2.05, 4.69) is 15.6 Å². The van der Waals surface area contributed by atoms with Crippen LogP contribution in [-0.2, 0) is 28.3 Å². The predicted molar refractivity (Wildman–Crippen MR) is 136 cm³/mol. The molecule has 0 bridgehead atoms. The standard InChI is InChI=1S/C27H28N4O5S/c1-18-25(19(2)36-30-18)37(33,34)31-23-13-14-27(15-20(23)16-29-31,21-9-5-4-6-10-21)17-28-26(32)22-11-7-8-12-24(22)35-3/h4-12,16H,13-15,17H2,1-3H3,(H,28,32). The zero-order chi connectivity index (χ0) is 26.2. The Hall–Kier alpha value is -3.92. The minimum Gasteiger partial charge on any atom is -0.496 e. The number of fused-ring (bicyclic) bond motifs is 1. The molecule has 10 heteroatoms. The molecule has 0 saturated carbocycles. The number of aryl methyl sites for hydroxylation is 2. The van der Waals surface area contributed by atoms with Crippen LogP contribution in [0.2, 0.25) is 0 Å². The summed E-state index contributed by atoms with van der Waals surface area (Å²) in [7, 11) is -2.42. The summed E-state index contributed by atoms with van der Waals surface area (Å²) in [6.45, 7) is 3.55. The Morgan fingerprint density at radius 1 is 1.14 bits per heavy atom. The number of methoxy groups -OCH3 is 1. The molecule has 2 heterocycles. The molecule has 1 aliphatic rings. The molecule has 1 aliphatic carbocycles. The van der Waals surface area contributed by atoms with E-state index in [4.69, 9.17) is 9.26 Å². The summed E-state index contributed by atoms with van der Waals surface area (Å²) in [6, 6.07) is 17.1. The van der Waals surface area contributed by atoms with Crippen molar-refractivity contribution >= 4 is 15.9 Å². The number of para-hydroxylation sites is 1. The fraction of sp³-hybridized carbons (Fsp3) is 0.296. The first kappa shape index (κ1) is 24.8. The van der Waals surface area contributed by atoms with Crippen LogP contribution in [0.15, 0.2) is 70.2 Å². The lowest BCUT2D eigenvalue weighted by atomic mass is 9.69. The molecule has 2 aromatic carbocycles. The number of hydrogen-bond donors (Lipinski definition) is 1. The van der Waals surface area contributed by atoms with Crippen LogP contribution in [0.3, 0.4) is 0 Å². The number of carbonyl (C=O) groups excluding carboxylic acids is 1. The molecular formula is C27H28N4O5S. The monoisotopic (exact) mass is 520 g/mol. The van der Waals surface area contributed by atoms with Gasteiger partial charge in [0, 0.05) is 12.0 Å². The van der Waals surface area contributed by atoms with Gasteiger partial charge in [-0.2, -0.15) is 17.6 Å². The predicted octanol–water partition coefficient (Wildman–Crippen LogP) is 3.59. The van der Waals surface area contributed by atoms with Crippen molar-refractivity contribution in [2.45, 2.75) is 43.4 Å². The molecule has 0 spiro atoms. The Kier molecular flexibility index (Phi) is 6.36. The molecule has 192 valence electrons. The molecule has 1 unspecified atom stereocenters. The summed E-state index contributed by atoms with van der Waals surface area (Å²) < 4.78 is 38.5. The molecule has 1 amide bonds. The minimum atomic E-state index is -3.96. The van der Waals surface area contributed by atoms with Crippen molar-refractivity contribution in [3.05, 3.63) is 94.6 Å². The van der Waals surface area contributed by atoms with Crippen LogP contribution in [-0.4, -0.2) is 42.3 Å². The summed E-state index contributed by atoms with van der Waals surface area (Å²) in [5.41, 5.74) is 2.87. The van der Waals surface area contributed by atoms with Crippen LogP contribution < -0.4 is 10.1 Å². The molecule has 4 aromatic rings. The average molecular weight is 521 g/mol. The van der Waals surface area contributed by atoms with Crippen molar-refractivity contribution < 1.29 is 22.5 Å². The molecule has 0 aliphatic heterocycles. The Labute approximate surface area is 215 Å². The first-order valence-corrected chi connectivity index (χ1v) is 13.4. The third-order valence-electron chi connectivity index (χ3n) is 7.07. The number of amides is 1. The summed E-state index contributed by atoms with van der Waals surface area (Å²) in [4.78, 5) is 13.2. The molecule has 9 nitrogen and oxygen atoms in total. The van der Waals surface area contributed by atoms with Gasteiger partial charge in [0.2, 0.25) is 0 Å². The normalized spacial score (nSPS) is 17.3. The quantitative estimate of drug-likeness (QED) is 0.396. The van der Waals surface area contributed by atoms with E-state index in [-0.39, 0.29) is 16.6 Å². The van der Waals surface area contributed by atoms with Gasteiger partial charge in [0.1, 0.15) is 11.4 Å². The van der Waals surface area contributed by atoms with Crippen molar-refractivity contribution in [1.29, 1.82) is 0 Å². The molecule has 0 saturated heterocycles. The third-order valence-corrected chi connectivity index (χ3v) is 8.94. The average Bonchev–Trinajstić information content (AvgIpc) is 3.50. The fourth-order valence-electron chi connectivity index (χ4n) is 5.21. The Morgan fingerprint density at radius 2 is 1.86 bits per heavy atom. The zero-order valence-corrected chi connectivity index (χ0v) is 21.7. The van der Waals surface area contributed by atoms with Crippen molar-refractivity contribution in [3.63, 3.8) is 0 Å². The van der Waals surface area contributed by atoms with Crippen molar-refractivity contribution in [2.75, 3.05) is 13.7 Å². The van der Waals surface area contributed by atoms with E-state index in [0.29, 0.717) is 48.5 Å². The number of carbonyl (C=O) groups is 1. The summed E-state index contributed by atoms with van der Waals surface area (Å²) >= 11 is 0. The maximum atomic E-state index is 13.5. The molecule has 0 fully saturated rings. The molecule has 37 heavy (non-hydrogen) atoms. The molecule has 5 rings (SSSR count). The number of hydrogen-bond acceptors (Lipinski definition) is 7. The lowest BCUT2D eigenvalue weighted by molar-refractivity contribution is 0.0937. The van der Waals surface area contributed by atoms with E-state index in [0.717, 1.165) is 15.2 Å². The van der Waals surface area contributed by atoms with Gasteiger partial charge in [-0.25, -0.2) is 0 Å². The van der Waals surface area contributed by atoms with Gasteiger partial charge in [-0.05, 0) is 56.4 Å². The number of benzene rings is 2. The van der Waals surface area contributed by atoms with Gasteiger partial charge in [-0.3, -0.25) is 4.79 Å². The first-order chi connectivity index (χ1) is 17.8. The smallest absolute Gasteiger partial charge is 0.288 e. The van der Waals surface area contributed by atoms with Crippen LogP contribution >= 0.6 is 0 Å². The van der Waals surface area contributed by atoms with Crippen molar-refractivity contribution in [3.8, 4) is 5.75 Å². The Balaban J connectivity index is 1.48. The lowest BCUT2D eigenvalue weighted by Gasteiger charge is -2.38. The highest BCUT2D eigenvalue weighted by Crippen LogP contribution is 2.39. The third kappa shape index (κ3) is 4.31. The van der Waals surface area contributed by atoms with Crippen LogP contribution in [0.5, 0.6) is 5.75 Å². The Bertz CT molecular complexity index is 1540. The minimum absolute atomic E-state index is 0.0439. The first-order valence-electron chi connectivity index (χ1n) is 12.0. The van der Waals surface area contributed by atoms with Crippen LogP contribution in [0.1, 0.15) is 45.1 Å². The second-order valence-corrected chi connectivity index (χ2v) is 11.0. The second-order valence-electron chi connectivity index (χ2n) is 9.32. The number of ether oxygens (including phenoxy) is 1. The highest BCUT2D eigenvalue weighted by molar-refractivity contribution is 7.90. The van der Waals surface area contributed by atoms with E-state index < -0.39 is 15.4 Å². The summed E-state index contributed by atoms with van der Waals surface area (Å²) in [6.07, 6.45) is 3.23. The van der Waals surface area contributed by atoms with Gasteiger partial charge in [0.25, 0.3) is 15.9 Å². The van der Waals surface area contributed by atoms with E-state index in [1.54, 1.807) is 38.2 Å². The van der Waals surface area contributed by atoms with Gasteiger partial charge >= 0.3 is 0 Å². The maximum Gasteiger partial charge on any atom is 0.288 e. The van der Waals surface area contributed by atoms with Crippen LogP contribution in [0.4, 0.5) is 0 Å². The van der Waals surface area contributed by atoms with Gasteiger partial charge < -0.3 is 14.6 Å². The van der Waals surface area contributed by atoms with Crippen molar-refractivity contribution in [1.82, 2.24) is 19.7 Å². The number of nitrogens with zero attached hydrogens (tertiary/aromatic N) is 3. The number of aromatic nitrogens is 3. The van der Waals surface area contributed by atoms with Gasteiger partial charge in [-0.1, -0.05) is 47.6 Å². The highest BCUT2D eigenvalue weighted by Gasteiger charge is 2.40.